The molecule has 1 heterocycles. The molecule has 0 aliphatic carbocycles. The van der Waals surface area contributed by atoms with E-state index in [0.717, 1.165) is 45.0 Å². The molecule has 33 heavy (non-hydrogen) atoms. The first kappa shape index (κ1) is 20.6. The Kier molecular flexibility index (Phi) is 4.78. The Hall–Kier alpha value is -4.32. The molecule has 5 N–H and O–H groups in total. The lowest BCUT2D eigenvalue weighted by Crippen LogP contribution is -1.96. The van der Waals surface area contributed by atoms with Crippen molar-refractivity contribution >= 4 is 21.9 Å². The van der Waals surface area contributed by atoms with Gasteiger partial charge in [-0.3, -0.25) is 0 Å². The summed E-state index contributed by atoms with van der Waals surface area (Å²) < 4.78 is 6.21. The third-order valence-corrected chi connectivity index (χ3v) is 6.01. The molecule has 0 unspecified atom stereocenters. The molecule has 4 aromatic carbocycles. The molecule has 0 radical (unpaired) electrons. The zero-order valence-corrected chi connectivity index (χ0v) is 17.8. The molecule has 5 rings (SSSR count). The van der Waals surface area contributed by atoms with Crippen molar-refractivity contribution in [3.8, 4) is 51.0 Å². The molecule has 166 valence electrons. The van der Waals surface area contributed by atoms with E-state index in [1.165, 1.54) is 0 Å². The summed E-state index contributed by atoms with van der Waals surface area (Å²) in [4.78, 5) is 0. The van der Waals surface area contributed by atoms with Gasteiger partial charge >= 0.3 is 0 Å². The van der Waals surface area contributed by atoms with Crippen LogP contribution in [0.1, 0.15) is 18.9 Å². The van der Waals surface area contributed by atoms with Crippen molar-refractivity contribution < 1.29 is 29.9 Å². The molecule has 0 spiro atoms. The first-order valence-electron chi connectivity index (χ1n) is 10.7. The highest BCUT2D eigenvalue weighted by Crippen LogP contribution is 2.56. The summed E-state index contributed by atoms with van der Waals surface area (Å²) >= 11 is 0. The topological polar surface area (TPSA) is 114 Å². The van der Waals surface area contributed by atoms with Gasteiger partial charge in [-0.15, -0.1) is 0 Å². The summed E-state index contributed by atoms with van der Waals surface area (Å²) in [6.07, 6.45) is 1.35. The van der Waals surface area contributed by atoms with Crippen LogP contribution in [0.25, 0.3) is 44.2 Å². The quantitative estimate of drug-likeness (QED) is 0.163. The number of fused-ring (bicyclic) bond motifs is 3. The Morgan fingerprint density at radius 1 is 0.606 bits per heavy atom. The number of phenolic OH excluding ortho intramolecular Hbond substituents is 5. The summed E-state index contributed by atoms with van der Waals surface area (Å²) in [5.74, 6) is -4.19. The van der Waals surface area contributed by atoms with E-state index in [4.69, 9.17) is 4.42 Å². The Bertz CT molecular complexity index is 1500. The monoisotopic (exact) mass is 442 g/mol. The van der Waals surface area contributed by atoms with Gasteiger partial charge in [0.05, 0.1) is 5.56 Å². The first-order valence-corrected chi connectivity index (χ1v) is 10.7. The minimum absolute atomic E-state index is 0.148. The number of hydrogen-bond acceptors (Lipinski definition) is 6. The van der Waals surface area contributed by atoms with E-state index in [0.29, 0.717) is 12.0 Å². The highest BCUT2D eigenvalue weighted by molar-refractivity contribution is 6.10. The van der Waals surface area contributed by atoms with Gasteiger partial charge in [0.2, 0.25) is 17.2 Å². The highest BCUT2D eigenvalue weighted by atomic mass is 16.4. The van der Waals surface area contributed by atoms with Crippen molar-refractivity contribution in [2.45, 2.75) is 19.8 Å². The van der Waals surface area contributed by atoms with Crippen LogP contribution in [0.5, 0.6) is 28.7 Å². The van der Waals surface area contributed by atoms with Crippen LogP contribution in [-0.4, -0.2) is 25.5 Å². The number of para-hydroxylation sites is 2. The second-order valence-electron chi connectivity index (χ2n) is 7.98. The number of hydrogen-bond donors (Lipinski definition) is 5. The number of rotatable bonds is 4. The van der Waals surface area contributed by atoms with E-state index in [1.807, 2.05) is 55.5 Å². The predicted molar refractivity (Wildman–Crippen MR) is 127 cm³/mol. The zero-order valence-electron chi connectivity index (χ0n) is 17.8. The van der Waals surface area contributed by atoms with E-state index in [2.05, 4.69) is 0 Å². The Balaban J connectivity index is 1.84. The molecule has 0 atom stereocenters. The second kappa shape index (κ2) is 7.67. The van der Waals surface area contributed by atoms with Crippen LogP contribution in [0.2, 0.25) is 0 Å². The van der Waals surface area contributed by atoms with Gasteiger partial charge in [-0.1, -0.05) is 67.9 Å². The number of furan rings is 1. The van der Waals surface area contributed by atoms with Gasteiger partial charge in [-0.2, -0.15) is 0 Å². The molecule has 0 amide bonds. The average molecular weight is 442 g/mol. The first-order chi connectivity index (χ1) is 15.9. The van der Waals surface area contributed by atoms with E-state index in [9.17, 15) is 25.5 Å². The summed E-state index contributed by atoms with van der Waals surface area (Å²) in [5.41, 5.74) is 4.26. The van der Waals surface area contributed by atoms with Crippen LogP contribution in [0.4, 0.5) is 0 Å². The van der Waals surface area contributed by atoms with E-state index < -0.39 is 28.7 Å². The summed E-state index contributed by atoms with van der Waals surface area (Å²) in [7, 11) is 0. The van der Waals surface area contributed by atoms with Crippen molar-refractivity contribution in [1.29, 1.82) is 0 Å². The third kappa shape index (κ3) is 3.03. The summed E-state index contributed by atoms with van der Waals surface area (Å²) in [6, 6.07) is 19.1. The van der Waals surface area contributed by atoms with Crippen molar-refractivity contribution in [1.82, 2.24) is 0 Å². The average Bonchev–Trinajstić information content (AvgIpc) is 3.21. The summed E-state index contributed by atoms with van der Waals surface area (Å²) in [6.45, 7) is 2.01. The lowest BCUT2D eigenvalue weighted by molar-refractivity contribution is 0.330. The summed E-state index contributed by atoms with van der Waals surface area (Å²) in [5, 5.41) is 53.1. The Labute approximate surface area is 189 Å². The van der Waals surface area contributed by atoms with Crippen LogP contribution in [0.15, 0.2) is 65.1 Å². The van der Waals surface area contributed by atoms with Crippen molar-refractivity contribution in [2.75, 3.05) is 0 Å². The van der Waals surface area contributed by atoms with E-state index >= 15 is 0 Å². The molecule has 5 aromatic rings. The second-order valence-corrected chi connectivity index (χ2v) is 7.98. The minimum Gasteiger partial charge on any atom is -0.504 e. The number of benzene rings is 4. The number of phenols is 5. The van der Waals surface area contributed by atoms with Gasteiger partial charge in [0.25, 0.3) is 0 Å². The van der Waals surface area contributed by atoms with Crippen LogP contribution in [-0.2, 0) is 6.42 Å². The molecule has 0 bridgehead atoms. The minimum atomic E-state index is -0.978. The van der Waals surface area contributed by atoms with Gasteiger partial charge in [0.15, 0.2) is 11.5 Å². The van der Waals surface area contributed by atoms with Gasteiger partial charge < -0.3 is 29.9 Å². The van der Waals surface area contributed by atoms with Crippen molar-refractivity contribution in [2.24, 2.45) is 0 Å². The van der Waals surface area contributed by atoms with Crippen LogP contribution in [0.3, 0.4) is 0 Å². The maximum atomic E-state index is 10.6. The highest BCUT2D eigenvalue weighted by Gasteiger charge is 2.27. The SMILES string of the molecule is CCCc1c(-c2c(O)c(O)c(O)c(O)c2O)cccc1-c1cccc2c1oc1ccccc12. The van der Waals surface area contributed by atoms with Crippen molar-refractivity contribution in [3.63, 3.8) is 0 Å². The van der Waals surface area contributed by atoms with Gasteiger partial charge in [0.1, 0.15) is 11.2 Å². The molecule has 0 fully saturated rings. The molecule has 0 aliphatic heterocycles. The molecule has 0 saturated carbocycles. The fraction of sp³-hybridized carbons (Fsp3) is 0.111. The van der Waals surface area contributed by atoms with Crippen molar-refractivity contribution in [3.05, 3.63) is 66.2 Å². The lowest BCUT2D eigenvalue weighted by atomic mass is 9.88. The molecule has 0 saturated heterocycles. The van der Waals surface area contributed by atoms with E-state index in [-0.39, 0.29) is 5.56 Å². The van der Waals surface area contributed by atoms with E-state index in [1.54, 1.807) is 12.1 Å². The molecule has 6 nitrogen and oxygen atoms in total. The standard InChI is InChI=1S/C27H22O6/c1-2-7-14-15(18-11-6-12-19-16-8-3-4-13-20(16)33-27(18)19)9-5-10-17(14)21-22(28)24(30)26(32)25(31)23(21)29/h3-6,8-13,28-32H,2,7H2,1H3. The van der Waals surface area contributed by atoms with Gasteiger partial charge in [-0.25, -0.2) is 0 Å². The smallest absolute Gasteiger partial charge is 0.208 e. The largest absolute Gasteiger partial charge is 0.504 e. The third-order valence-electron chi connectivity index (χ3n) is 6.01. The predicted octanol–water partition coefficient (Wildman–Crippen LogP) is 6.40. The van der Waals surface area contributed by atoms with Crippen LogP contribution in [0, 0.1) is 0 Å². The van der Waals surface area contributed by atoms with Gasteiger partial charge in [-0.05, 0) is 29.2 Å². The molecular formula is C27H22O6. The Morgan fingerprint density at radius 3 is 1.91 bits per heavy atom. The maximum absolute atomic E-state index is 10.6. The number of aromatic hydroxyl groups is 5. The molecule has 6 heteroatoms. The van der Waals surface area contributed by atoms with Gasteiger partial charge in [0, 0.05) is 16.3 Å². The Morgan fingerprint density at radius 2 is 1.18 bits per heavy atom. The fourth-order valence-corrected chi connectivity index (χ4v) is 4.49. The zero-order chi connectivity index (χ0) is 23.3. The fourth-order valence-electron chi connectivity index (χ4n) is 4.49. The van der Waals surface area contributed by atoms with Crippen LogP contribution < -0.4 is 0 Å². The lowest BCUT2D eigenvalue weighted by Gasteiger charge is -2.18. The van der Waals surface area contributed by atoms with Crippen LogP contribution >= 0.6 is 0 Å². The normalized spacial score (nSPS) is 11.4. The molecule has 1 aromatic heterocycles. The maximum Gasteiger partial charge on any atom is 0.208 e. The molecular weight excluding hydrogens is 420 g/mol. The molecule has 0 aliphatic rings.